The average molecular weight is 354 g/mol. The molecule has 1 saturated heterocycles. The summed E-state index contributed by atoms with van der Waals surface area (Å²) in [6, 6.07) is 5.79. The van der Waals surface area contributed by atoms with Crippen LogP contribution in [0.5, 0.6) is 0 Å². The number of hydrogen-bond acceptors (Lipinski definition) is 5. The van der Waals surface area contributed by atoms with Crippen molar-refractivity contribution in [2.75, 3.05) is 24.7 Å². The van der Waals surface area contributed by atoms with Crippen LogP contribution < -0.4 is 5.32 Å². The van der Waals surface area contributed by atoms with Gasteiger partial charge >= 0.3 is 6.03 Å². The minimum atomic E-state index is -3.26. The second kappa shape index (κ2) is 6.34. The molecule has 7 nitrogen and oxygen atoms in total. The van der Waals surface area contributed by atoms with Gasteiger partial charge in [-0.3, -0.25) is 0 Å². The highest BCUT2D eigenvalue weighted by Gasteiger charge is 2.42. The van der Waals surface area contributed by atoms with Gasteiger partial charge in [-0.05, 0) is 48.9 Å². The summed E-state index contributed by atoms with van der Waals surface area (Å²) < 4.78 is 22.9. The number of urea groups is 1. The molecule has 0 radical (unpaired) electrons. The number of benzene rings is 1. The Labute approximate surface area is 141 Å². The zero-order valence-corrected chi connectivity index (χ0v) is 14.2. The number of nitrogens with zero attached hydrogens (tertiary/aromatic N) is 1. The Hall–Kier alpha value is -1.64. The third kappa shape index (κ3) is 3.55. The number of likely N-dealkylation sites (tertiary alicyclic amines) is 1. The van der Waals surface area contributed by atoms with E-state index in [0.29, 0.717) is 31.6 Å². The van der Waals surface area contributed by atoms with E-state index in [1.807, 2.05) is 0 Å². The molecule has 3 rings (SSSR count). The first-order valence-electron chi connectivity index (χ1n) is 7.96. The van der Waals surface area contributed by atoms with Gasteiger partial charge in [0.25, 0.3) is 0 Å². The van der Waals surface area contributed by atoms with Crippen molar-refractivity contribution in [3.05, 3.63) is 24.3 Å². The molecule has 0 bridgehead atoms. The normalized spacial score (nSPS) is 30.0. The smallest absolute Gasteiger partial charge is 0.321 e. The van der Waals surface area contributed by atoms with E-state index in [2.05, 4.69) is 5.32 Å². The number of amides is 2. The lowest BCUT2D eigenvalue weighted by Gasteiger charge is -2.31. The maximum Gasteiger partial charge on any atom is 0.321 e. The number of hydrogen-bond donors (Lipinski definition) is 3. The molecule has 0 aromatic heterocycles. The van der Waals surface area contributed by atoms with Gasteiger partial charge in [0, 0.05) is 25.0 Å². The second-order valence-corrected chi connectivity index (χ2v) is 8.77. The van der Waals surface area contributed by atoms with E-state index in [1.165, 1.54) is 12.1 Å². The van der Waals surface area contributed by atoms with E-state index in [0.717, 1.165) is 6.26 Å². The third-order valence-electron chi connectivity index (χ3n) is 4.93. The van der Waals surface area contributed by atoms with Crippen LogP contribution in [0.25, 0.3) is 0 Å². The first-order valence-corrected chi connectivity index (χ1v) is 9.85. The second-order valence-electron chi connectivity index (χ2n) is 6.76. The molecule has 1 aliphatic heterocycles. The molecular weight excluding hydrogens is 332 g/mol. The summed E-state index contributed by atoms with van der Waals surface area (Å²) in [5, 5.41) is 22.3. The van der Waals surface area contributed by atoms with Crippen LogP contribution in [0.2, 0.25) is 0 Å². The van der Waals surface area contributed by atoms with E-state index in [9.17, 15) is 23.4 Å². The fraction of sp³-hybridized carbons (Fsp3) is 0.562. The summed E-state index contributed by atoms with van der Waals surface area (Å²) in [6.45, 7) is 1.11. The molecule has 1 saturated carbocycles. The summed E-state index contributed by atoms with van der Waals surface area (Å²) >= 11 is 0. The average Bonchev–Trinajstić information content (AvgIpc) is 2.90. The Morgan fingerprint density at radius 1 is 1.08 bits per heavy atom. The zero-order chi connectivity index (χ0) is 17.5. The lowest BCUT2D eigenvalue weighted by molar-refractivity contribution is -0.0372. The molecule has 4 unspecified atom stereocenters. The van der Waals surface area contributed by atoms with Crippen molar-refractivity contribution in [1.29, 1.82) is 0 Å². The molecule has 2 fully saturated rings. The van der Waals surface area contributed by atoms with Gasteiger partial charge in [0.05, 0.1) is 17.1 Å². The predicted octanol–water partition coefficient (Wildman–Crippen LogP) is 0.686. The summed E-state index contributed by atoms with van der Waals surface area (Å²) in [7, 11) is -3.26. The molecule has 1 aromatic rings. The highest BCUT2D eigenvalue weighted by Crippen LogP contribution is 2.36. The maximum atomic E-state index is 12.4. The van der Waals surface area contributed by atoms with Crippen LogP contribution in [0.4, 0.5) is 10.5 Å². The predicted molar refractivity (Wildman–Crippen MR) is 88.4 cm³/mol. The van der Waals surface area contributed by atoms with Crippen LogP contribution in [0, 0.1) is 11.8 Å². The highest BCUT2D eigenvalue weighted by molar-refractivity contribution is 7.90. The van der Waals surface area contributed by atoms with Crippen LogP contribution in [0.1, 0.15) is 12.8 Å². The van der Waals surface area contributed by atoms with Crippen molar-refractivity contribution >= 4 is 21.6 Å². The molecule has 1 aliphatic carbocycles. The molecule has 132 valence electrons. The van der Waals surface area contributed by atoms with Gasteiger partial charge in [-0.1, -0.05) is 0 Å². The van der Waals surface area contributed by atoms with Crippen LogP contribution in [-0.4, -0.2) is 61.1 Å². The van der Waals surface area contributed by atoms with E-state index in [4.69, 9.17) is 0 Å². The molecular formula is C16H22N2O5S. The van der Waals surface area contributed by atoms with Gasteiger partial charge in [0.15, 0.2) is 9.84 Å². The van der Waals surface area contributed by atoms with Gasteiger partial charge in [0.2, 0.25) is 0 Å². The SMILES string of the molecule is CS(=O)(=O)c1ccc(NC(=O)N2CC3CC(O)C(O)CC3C2)cc1. The van der Waals surface area contributed by atoms with E-state index >= 15 is 0 Å². The lowest BCUT2D eigenvalue weighted by atomic mass is 9.79. The number of carbonyl (C=O) groups excluding carboxylic acids is 1. The van der Waals surface area contributed by atoms with Gasteiger partial charge in [-0.15, -0.1) is 0 Å². The zero-order valence-electron chi connectivity index (χ0n) is 13.4. The Morgan fingerprint density at radius 3 is 2.04 bits per heavy atom. The number of sulfone groups is 1. The molecule has 3 N–H and O–H groups in total. The summed E-state index contributed by atoms with van der Waals surface area (Å²) in [4.78, 5) is 14.3. The molecule has 4 atom stereocenters. The van der Waals surface area contributed by atoms with Crippen LogP contribution in [0.15, 0.2) is 29.2 Å². The number of aliphatic hydroxyl groups excluding tert-OH is 2. The number of carbonyl (C=O) groups is 1. The third-order valence-corrected chi connectivity index (χ3v) is 6.06. The van der Waals surface area contributed by atoms with Crippen molar-refractivity contribution < 1.29 is 23.4 Å². The van der Waals surface area contributed by atoms with Crippen molar-refractivity contribution in [1.82, 2.24) is 4.90 Å². The standard InChI is InChI=1S/C16H22N2O5S/c1-24(22,23)13-4-2-12(3-5-13)17-16(21)18-8-10-6-14(19)15(20)7-11(10)9-18/h2-5,10-11,14-15,19-20H,6-9H2,1H3,(H,17,21). The Kier molecular flexibility index (Phi) is 4.54. The van der Waals surface area contributed by atoms with Crippen molar-refractivity contribution in [3.8, 4) is 0 Å². The number of nitrogens with one attached hydrogen (secondary N) is 1. The summed E-state index contributed by atoms with van der Waals surface area (Å²) in [5.41, 5.74) is 0.530. The van der Waals surface area contributed by atoms with Crippen LogP contribution in [-0.2, 0) is 9.84 Å². The molecule has 1 heterocycles. The topological polar surface area (TPSA) is 107 Å². The fourth-order valence-electron chi connectivity index (χ4n) is 3.56. The Balaban J connectivity index is 1.62. The van der Waals surface area contributed by atoms with Gasteiger partial charge < -0.3 is 20.4 Å². The first kappa shape index (κ1) is 17.2. The lowest BCUT2D eigenvalue weighted by Crippen LogP contribution is -2.38. The fourth-order valence-corrected chi connectivity index (χ4v) is 4.19. The molecule has 2 aliphatic rings. The van der Waals surface area contributed by atoms with E-state index in [1.54, 1.807) is 17.0 Å². The Bertz CT molecular complexity index is 700. The molecule has 0 spiro atoms. The molecule has 1 aromatic carbocycles. The van der Waals surface area contributed by atoms with E-state index in [-0.39, 0.29) is 22.8 Å². The van der Waals surface area contributed by atoms with Crippen LogP contribution >= 0.6 is 0 Å². The minimum absolute atomic E-state index is 0.204. The quantitative estimate of drug-likeness (QED) is 0.724. The summed E-state index contributed by atoms with van der Waals surface area (Å²) in [5.74, 6) is 0.420. The number of anilines is 1. The van der Waals surface area contributed by atoms with Crippen molar-refractivity contribution in [2.24, 2.45) is 11.8 Å². The summed E-state index contributed by atoms with van der Waals surface area (Å²) in [6.07, 6.45) is 0.739. The number of aliphatic hydroxyl groups is 2. The molecule has 24 heavy (non-hydrogen) atoms. The van der Waals surface area contributed by atoms with Gasteiger partial charge in [0.1, 0.15) is 0 Å². The Morgan fingerprint density at radius 2 is 1.58 bits per heavy atom. The van der Waals surface area contributed by atoms with E-state index < -0.39 is 22.0 Å². The largest absolute Gasteiger partial charge is 0.390 e. The van der Waals surface area contributed by atoms with Crippen molar-refractivity contribution in [3.63, 3.8) is 0 Å². The van der Waals surface area contributed by atoms with Crippen LogP contribution in [0.3, 0.4) is 0 Å². The monoisotopic (exact) mass is 354 g/mol. The van der Waals surface area contributed by atoms with Gasteiger partial charge in [-0.25, -0.2) is 13.2 Å². The first-order chi connectivity index (χ1) is 11.2. The minimum Gasteiger partial charge on any atom is -0.390 e. The highest BCUT2D eigenvalue weighted by atomic mass is 32.2. The number of fused-ring (bicyclic) bond motifs is 1. The van der Waals surface area contributed by atoms with Gasteiger partial charge in [-0.2, -0.15) is 0 Å². The van der Waals surface area contributed by atoms with Crippen molar-refractivity contribution in [2.45, 2.75) is 29.9 Å². The maximum absolute atomic E-state index is 12.4. The number of rotatable bonds is 2. The molecule has 8 heteroatoms. The molecule has 2 amide bonds.